The van der Waals surface area contributed by atoms with E-state index in [9.17, 15) is 10.1 Å². The Kier molecular flexibility index (Phi) is 6.96. The summed E-state index contributed by atoms with van der Waals surface area (Å²) >= 11 is 0. The molecule has 0 unspecified atom stereocenters. The van der Waals surface area contributed by atoms with Crippen LogP contribution in [0.2, 0.25) is 0 Å². The van der Waals surface area contributed by atoms with Crippen molar-refractivity contribution in [1.82, 2.24) is 19.1 Å². The largest absolute Gasteiger partial charge is 0.355 e. The van der Waals surface area contributed by atoms with E-state index < -0.39 is 0 Å². The standard InChI is InChI=1S/C25H25N7O.ClH/c26-12-21-22-23(25(33)31(17-29-22)14-19-8-4-10-28-13-19)32(15-18-6-2-1-3-7-18)24(21)30-11-5-9-20(27)16-30;/h1-4,6-8,10,13,17,20H,5,9,11,14-16,27H2;1H/t20-;/m0./s1. The van der Waals surface area contributed by atoms with E-state index in [0.29, 0.717) is 36.2 Å². The van der Waals surface area contributed by atoms with Crippen molar-refractivity contribution >= 4 is 29.3 Å². The summed E-state index contributed by atoms with van der Waals surface area (Å²) in [4.78, 5) is 24.6. The van der Waals surface area contributed by atoms with Gasteiger partial charge in [-0.05, 0) is 30.0 Å². The van der Waals surface area contributed by atoms with Gasteiger partial charge in [0.15, 0.2) is 0 Å². The summed E-state index contributed by atoms with van der Waals surface area (Å²) in [5.41, 5.74) is 9.36. The summed E-state index contributed by atoms with van der Waals surface area (Å²) in [6, 6.07) is 16.1. The highest BCUT2D eigenvalue weighted by atomic mass is 35.5. The molecule has 3 aromatic heterocycles. The number of nitriles is 1. The SMILES string of the molecule is Cl.N#Cc1c(N2CCC[C@H](N)C2)n(Cc2ccccc2)c2c(=O)n(Cc3cccnc3)cnc12. The van der Waals surface area contributed by atoms with E-state index >= 15 is 0 Å². The fourth-order valence-corrected chi connectivity index (χ4v) is 4.61. The molecule has 2 N–H and O–H groups in total. The number of rotatable bonds is 5. The molecule has 1 aliphatic rings. The molecule has 0 saturated carbocycles. The smallest absolute Gasteiger partial charge is 0.278 e. The second kappa shape index (κ2) is 10.1. The van der Waals surface area contributed by atoms with Crippen LogP contribution in [0.25, 0.3) is 11.0 Å². The molecule has 5 rings (SSSR count). The van der Waals surface area contributed by atoms with Gasteiger partial charge < -0.3 is 15.2 Å². The maximum absolute atomic E-state index is 13.7. The number of anilines is 1. The van der Waals surface area contributed by atoms with Crippen molar-refractivity contribution in [2.75, 3.05) is 18.0 Å². The minimum Gasteiger partial charge on any atom is -0.355 e. The second-order valence-electron chi connectivity index (χ2n) is 8.47. The number of nitrogens with two attached hydrogens (primary N) is 1. The van der Waals surface area contributed by atoms with Crippen LogP contribution in [0.4, 0.5) is 5.82 Å². The third-order valence-electron chi connectivity index (χ3n) is 6.13. The number of benzene rings is 1. The number of hydrogen-bond donors (Lipinski definition) is 1. The predicted octanol–water partition coefficient (Wildman–Crippen LogP) is 2.91. The highest BCUT2D eigenvalue weighted by Crippen LogP contribution is 2.32. The summed E-state index contributed by atoms with van der Waals surface area (Å²) in [5, 5.41) is 10.1. The lowest BCUT2D eigenvalue weighted by Crippen LogP contribution is -2.44. The van der Waals surface area contributed by atoms with Gasteiger partial charge in [-0.15, -0.1) is 12.4 Å². The fraction of sp³-hybridized carbons (Fsp3) is 0.280. The van der Waals surface area contributed by atoms with Gasteiger partial charge in [-0.2, -0.15) is 5.26 Å². The molecule has 1 aromatic carbocycles. The van der Waals surface area contributed by atoms with E-state index in [0.717, 1.165) is 36.3 Å². The number of fused-ring (bicyclic) bond motifs is 1. The molecule has 4 aromatic rings. The van der Waals surface area contributed by atoms with Gasteiger partial charge in [0.1, 0.15) is 28.5 Å². The van der Waals surface area contributed by atoms with E-state index in [4.69, 9.17) is 5.73 Å². The molecule has 34 heavy (non-hydrogen) atoms. The first-order chi connectivity index (χ1) is 16.2. The van der Waals surface area contributed by atoms with E-state index in [1.807, 2.05) is 47.0 Å². The molecule has 0 radical (unpaired) electrons. The molecule has 1 fully saturated rings. The molecular weight excluding hydrogens is 450 g/mol. The van der Waals surface area contributed by atoms with Gasteiger partial charge in [-0.3, -0.25) is 14.3 Å². The average molecular weight is 476 g/mol. The van der Waals surface area contributed by atoms with Crippen LogP contribution in [0.1, 0.15) is 29.5 Å². The van der Waals surface area contributed by atoms with Crippen LogP contribution in [0.5, 0.6) is 0 Å². The zero-order valence-electron chi connectivity index (χ0n) is 18.7. The Morgan fingerprint density at radius 2 is 1.91 bits per heavy atom. The topological polar surface area (TPSA) is 106 Å². The van der Waals surface area contributed by atoms with E-state index in [1.165, 1.54) is 6.33 Å². The molecule has 8 nitrogen and oxygen atoms in total. The van der Waals surface area contributed by atoms with Gasteiger partial charge in [0.05, 0.1) is 12.9 Å². The van der Waals surface area contributed by atoms with Crippen LogP contribution in [-0.2, 0) is 13.1 Å². The lowest BCUT2D eigenvalue weighted by atomic mass is 10.1. The van der Waals surface area contributed by atoms with Crippen molar-refractivity contribution < 1.29 is 0 Å². The van der Waals surface area contributed by atoms with Crippen LogP contribution in [0.15, 0.2) is 66.0 Å². The fourth-order valence-electron chi connectivity index (χ4n) is 4.61. The summed E-state index contributed by atoms with van der Waals surface area (Å²) in [6.45, 7) is 2.26. The normalized spacial score (nSPS) is 15.6. The Bertz CT molecular complexity index is 1380. The molecule has 0 aliphatic carbocycles. The summed E-state index contributed by atoms with van der Waals surface area (Å²) in [6.07, 6.45) is 6.86. The van der Waals surface area contributed by atoms with Crippen molar-refractivity contribution in [3.63, 3.8) is 0 Å². The maximum atomic E-state index is 13.7. The van der Waals surface area contributed by atoms with Gasteiger partial charge in [-0.1, -0.05) is 36.4 Å². The van der Waals surface area contributed by atoms with Crippen LogP contribution >= 0.6 is 12.4 Å². The van der Waals surface area contributed by atoms with E-state index in [-0.39, 0.29) is 24.0 Å². The number of halogens is 1. The third kappa shape index (κ3) is 4.40. The number of pyridine rings is 1. The first-order valence-electron chi connectivity index (χ1n) is 11.1. The Balaban J connectivity index is 0.00000274. The first-order valence-corrected chi connectivity index (χ1v) is 11.1. The van der Waals surface area contributed by atoms with Gasteiger partial charge in [0, 0.05) is 38.1 Å². The van der Waals surface area contributed by atoms with Gasteiger partial charge in [0.25, 0.3) is 5.56 Å². The van der Waals surface area contributed by atoms with Gasteiger partial charge in [0.2, 0.25) is 0 Å². The summed E-state index contributed by atoms with van der Waals surface area (Å²) < 4.78 is 3.53. The van der Waals surface area contributed by atoms with Gasteiger partial charge >= 0.3 is 0 Å². The molecule has 0 bridgehead atoms. The Labute approximate surface area is 203 Å². The number of hydrogen-bond acceptors (Lipinski definition) is 6. The molecular formula is C25H26ClN7O. The quantitative estimate of drug-likeness (QED) is 0.475. The predicted molar refractivity (Wildman–Crippen MR) is 134 cm³/mol. The van der Waals surface area contributed by atoms with Crippen LogP contribution in [-0.4, -0.2) is 38.2 Å². The Morgan fingerprint density at radius 1 is 1.12 bits per heavy atom. The van der Waals surface area contributed by atoms with Crippen LogP contribution < -0.4 is 16.2 Å². The van der Waals surface area contributed by atoms with Crippen molar-refractivity contribution in [3.05, 3.63) is 88.2 Å². The molecule has 4 heterocycles. The zero-order chi connectivity index (χ0) is 22.8. The van der Waals surface area contributed by atoms with Crippen LogP contribution in [0, 0.1) is 11.3 Å². The van der Waals surface area contributed by atoms with Crippen molar-refractivity contribution in [1.29, 1.82) is 5.26 Å². The van der Waals surface area contributed by atoms with E-state index in [2.05, 4.69) is 20.9 Å². The summed E-state index contributed by atoms with van der Waals surface area (Å²) in [7, 11) is 0. The number of piperidine rings is 1. The van der Waals surface area contributed by atoms with Crippen molar-refractivity contribution in [2.45, 2.75) is 32.0 Å². The molecule has 1 saturated heterocycles. The first kappa shape index (κ1) is 23.5. The van der Waals surface area contributed by atoms with Gasteiger partial charge in [-0.25, -0.2) is 4.98 Å². The average Bonchev–Trinajstić information content (AvgIpc) is 3.16. The molecule has 0 spiro atoms. The molecule has 9 heteroatoms. The molecule has 0 amide bonds. The molecule has 174 valence electrons. The summed E-state index contributed by atoms with van der Waals surface area (Å²) in [5.74, 6) is 0.732. The number of nitrogens with zero attached hydrogens (tertiary/aromatic N) is 6. The highest BCUT2D eigenvalue weighted by Gasteiger charge is 2.28. The van der Waals surface area contributed by atoms with Crippen LogP contribution in [0.3, 0.4) is 0 Å². The molecule has 1 aliphatic heterocycles. The lowest BCUT2D eigenvalue weighted by molar-refractivity contribution is 0.498. The Morgan fingerprint density at radius 3 is 2.62 bits per heavy atom. The highest BCUT2D eigenvalue weighted by molar-refractivity contribution is 5.89. The maximum Gasteiger partial charge on any atom is 0.278 e. The second-order valence-corrected chi connectivity index (χ2v) is 8.47. The van der Waals surface area contributed by atoms with Crippen molar-refractivity contribution in [2.24, 2.45) is 5.73 Å². The number of aromatic nitrogens is 4. The monoisotopic (exact) mass is 475 g/mol. The van der Waals surface area contributed by atoms with Crippen molar-refractivity contribution in [3.8, 4) is 6.07 Å². The minimum atomic E-state index is -0.177. The zero-order valence-corrected chi connectivity index (χ0v) is 19.5. The lowest BCUT2D eigenvalue weighted by Gasteiger charge is -2.33. The Hall–Kier alpha value is -3.67. The van der Waals surface area contributed by atoms with E-state index in [1.54, 1.807) is 17.0 Å². The molecule has 1 atom stereocenters. The third-order valence-corrected chi connectivity index (χ3v) is 6.13. The minimum absolute atomic E-state index is 0.